The zero-order valence-electron chi connectivity index (χ0n) is 8.42. The van der Waals surface area contributed by atoms with Gasteiger partial charge in [-0.15, -0.1) is 0 Å². The smallest absolute Gasteiger partial charge is 0.159 e. The van der Waals surface area contributed by atoms with Crippen molar-refractivity contribution >= 4 is 17.2 Å². The van der Waals surface area contributed by atoms with Crippen molar-refractivity contribution in [1.29, 1.82) is 5.41 Å². The number of carbonyl (C=O) groups is 1. The van der Waals surface area contributed by atoms with Crippen LogP contribution in [-0.4, -0.2) is 11.5 Å². The van der Waals surface area contributed by atoms with Crippen LogP contribution >= 0.6 is 0 Å². The van der Waals surface area contributed by atoms with E-state index in [-0.39, 0.29) is 5.78 Å². The zero-order valence-corrected chi connectivity index (χ0v) is 8.42. The molecule has 0 radical (unpaired) electrons. The summed E-state index contributed by atoms with van der Waals surface area (Å²) in [4.78, 5) is 11.1. The van der Waals surface area contributed by atoms with Gasteiger partial charge in [-0.1, -0.05) is 6.92 Å². The Morgan fingerprint density at radius 1 is 1.50 bits per heavy atom. The number of anilines is 1. The van der Waals surface area contributed by atoms with Crippen LogP contribution in [0.2, 0.25) is 0 Å². The van der Waals surface area contributed by atoms with E-state index in [2.05, 4.69) is 0 Å². The number of carbonyl (C=O) groups excluding carboxylic acids is 1. The van der Waals surface area contributed by atoms with E-state index in [0.717, 1.165) is 0 Å². The van der Waals surface area contributed by atoms with Crippen molar-refractivity contribution in [1.82, 2.24) is 0 Å². The zero-order chi connectivity index (χ0) is 10.7. The monoisotopic (exact) mass is 190 g/mol. The van der Waals surface area contributed by atoms with Crippen LogP contribution in [0.1, 0.15) is 36.2 Å². The topological polar surface area (TPSA) is 66.9 Å². The van der Waals surface area contributed by atoms with E-state index < -0.39 is 0 Å². The molecule has 0 atom stereocenters. The number of benzene rings is 1. The maximum Gasteiger partial charge on any atom is 0.159 e. The SMILES string of the molecule is CCC(=N)c1cc(C(C)=O)ccc1N. The Bertz CT molecular complexity index is 383. The van der Waals surface area contributed by atoms with Gasteiger partial charge in [0.1, 0.15) is 0 Å². The molecule has 3 N–H and O–H groups in total. The second-order valence-electron chi connectivity index (χ2n) is 3.19. The van der Waals surface area contributed by atoms with Gasteiger partial charge >= 0.3 is 0 Å². The minimum Gasteiger partial charge on any atom is -0.398 e. The van der Waals surface area contributed by atoms with Crippen molar-refractivity contribution < 1.29 is 4.79 Å². The Kier molecular flexibility index (Phi) is 3.02. The number of nitrogen functional groups attached to an aromatic ring is 1. The number of Topliss-reactive ketones (excluding diaryl/α,β-unsaturated/α-hetero) is 1. The molecular weight excluding hydrogens is 176 g/mol. The minimum atomic E-state index is -0.00449. The van der Waals surface area contributed by atoms with Crippen LogP contribution < -0.4 is 5.73 Å². The lowest BCUT2D eigenvalue weighted by Gasteiger charge is -2.06. The highest BCUT2D eigenvalue weighted by atomic mass is 16.1. The van der Waals surface area contributed by atoms with E-state index in [1.165, 1.54) is 6.92 Å². The fraction of sp³-hybridized carbons (Fsp3) is 0.273. The molecule has 3 nitrogen and oxygen atoms in total. The van der Waals surface area contributed by atoms with Crippen LogP contribution in [0, 0.1) is 5.41 Å². The Morgan fingerprint density at radius 3 is 2.64 bits per heavy atom. The Balaban J connectivity index is 3.21. The van der Waals surface area contributed by atoms with Gasteiger partial charge in [0.15, 0.2) is 5.78 Å². The summed E-state index contributed by atoms with van der Waals surface area (Å²) in [5.74, 6) is -0.00449. The molecule has 0 aliphatic heterocycles. The third-order valence-corrected chi connectivity index (χ3v) is 2.14. The molecule has 0 fully saturated rings. The van der Waals surface area contributed by atoms with Crippen molar-refractivity contribution in [3.63, 3.8) is 0 Å². The molecule has 3 heteroatoms. The average molecular weight is 190 g/mol. The summed E-state index contributed by atoms with van der Waals surface area (Å²) >= 11 is 0. The molecule has 0 saturated carbocycles. The lowest BCUT2D eigenvalue weighted by atomic mass is 10.0. The fourth-order valence-electron chi connectivity index (χ4n) is 1.23. The molecule has 0 aromatic heterocycles. The van der Waals surface area contributed by atoms with Gasteiger partial charge in [-0.2, -0.15) is 0 Å². The summed E-state index contributed by atoms with van der Waals surface area (Å²) in [5.41, 5.74) is 8.01. The number of rotatable bonds is 3. The normalized spacial score (nSPS) is 9.86. The summed E-state index contributed by atoms with van der Waals surface area (Å²) in [5, 5.41) is 7.67. The molecule has 14 heavy (non-hydrogen) atoms. The summed E-state index contributed by atoms with van der Waals surface area (Å²) in [6.45, 7) is 3.40. The Labute approximate surface area is 83.4 Å². The molecular formula is C11H14N2O. The third-order valence-electron chi connectivity index (χ3n) is 2.14. The van der Waals surface area contributed by atoms with Gasteiger partial charge in [-0.3, -0.25) is 4.79 Å². The van der Waals surface area contributed by atoms with Gasteiger partial charge in [0.05, 0.1) is 0 Å². The molecule has 0 amide bonds. The minimum absolute atomic E-state index is 0.00449. The van der Waals surface area contributed by atoms with Gasteiger partial charge < -0.3 is 11.1 Å². The van der Waals surface area contributed by atoms with Crippen LogP contribution in [0.15, 0.2) is 18.2 Å². The van der Waals surface area contributed by atoms with Crippen LogP contribution in [0.25, 0.3) is 0 Å². The molecule has 0 aliphatic rings. The summed E-state index contributed by atoms with van der Waals surface area (Å²) < 4.78 is 0. The standard InChI is InChI=1S/C11H14N2O/c1-3-10(12)9-6-8(7(2)14)4-5-11(9)13/h4-6,12H,3,13H2,1-2H3. The average Bonchev–Trinajstić information content (AvgIpc) is 2.17. The van der Waals surface area contributed by atoms with E-state index in [9.17, 15) is 4.79 Å². The number of nitrogens with two attached hydrogens (primary N) is 1. The summed E-state index contributed by atoms with van der Waals surface area (Å²) in [6, 6.07) is 5.05. The predicted molar refractivity (Wildman–Crippen MR) is 58.0 cm³/mol. The van der Waals surface area contributed by atoms with E-state index in [4.69, 9.17) is 11.1 Å². The molecule has 1 aromatic carbocycles. The maximum absolute atomic E-state index is 11.1. The lowest BCUT2D eigenvalue weighted by Crippen LogP contribution is -2.04. The number of hydrogen-bond donors (Lipinski definition) is 2. The first-order chi connectivity index (χ1) is 6.56. The molecule has 0 saturated heterocycles. The third kappa shape index (κ3) is 1.99. The number of ketones is 1. The molecule has 1 aromatic rings. The maximum atomic E-state index is 11.1. The number of nitrogens with one attached hydrogen (secondary N) is 1. The second kappa shape index (κ2) is 4.05. The van der Waals surface area contributed by atoms with Crippen molar-refractivity contribution in [2.45, 2.75) is 20.3 Å². The van der Waals surface area contributed by atoms with Gasteiger partial charge in [-0.05, 0) is 31.5 Å². The van der Waals surface area contributed by atoms with Gasteiger partial charge in [0.2, 0.25) is 0 Å². The fourth-order valence-corrected chi connectivity index (χ4v) is 1.23. The van der Waals surface area contributed by atoms with Gasteiger partial charge in [0, 0.05) is 22.5 Å². The van der Waals surface area contributed by atoms with Crippen molar-refractivity contribution in [2.75, 3.05) is 5.73 Å². The highest BCUT2D eigenvalue weighted by Crippen LogP contribution is 2.16. The molecule has 1 rings (SSSR count). The predicted octanol–water partition coefficient (Wildman–Crippen LogP) is 2.25. The first kappa shape index (κ1) is 10.4. The van der Waals surface area contributed by atoms with E-state index in [1.807, 2.05) is 6.92 Å². The highest BCUT2D eigenvalue weighted by Gasteiger charge is 2.07. The van der Waals surface area contributed by atoms with Crippen LogP contribution in [0.4, 0.5) is 5.69 Å². The molecule has 0 bridgehead atoms. The summed E-state index contributed by atoms with van der Waals surface area (Å²) in [7, 11) is 0. The molecule has 0 aliphatic carbocycles. The van der Waals surface area contributed by atoms with Crippen molar-refractivity contribution in [3.8, 4) is 0 Å². The van der Waals surface area contributed by atoms with Crippen molar-refractivity contribution in [2.24, 2.45) is 0 Å². The largest absolute Gasteiger partial charge is 0.398 e. The quantitative estimate of drug-likeness (QED) is 0.436. The Hall–Kier alpha value is -1.64. The van der Waals surface area contributed by atoms with E-state index >= 15 is 0 Å². The van der Waals surface area contributed by atoms with Crippen LogP contribution in [-0.2, 0) is 0 Å². The number of hydrogen-bond acceptors (Lipinski definition) is 3. The molecule has 74 valence electrons. The first-order valence-electron chi connectivity index (χ1n) is 4.54. The van der Waals surface area contributed by atoms with E-state index in [0.29, 0.717) is 28.9 Å². The van der Waals surface area contributed by atoms with Crippen LogP contribution in [0.5, 0.6) is 0 Å². The molecule has 0 spiro atoms. The highest BCUT2D eigenvalue weighted by molar-refractivity contribution is 6.05. The van der Waals surface area contributed by atoms with Crippen molar-refractivity contribution in [3.05, 3.63) is 29.3 Å². The second-order valence-corrected chi connectivity index (χ2v) is 3.19. The Morgan fingerprint density at radius 2 is 2.14 bits per heavy atom. The lowest BCUT2D eigenvalue weighted by molar-refractivity contribution is 0.101. The molecule has 0 unspecified atom stereocenters. The molecule has 0 heterocycles. The van der Waals surface area contributed by atoms with Gasteiger partial charge in [-0.25, -0.2) is 0 Å². The summed E-state index contributed by atoms with van der Waals surface area (Å²) in [6.07, 6.45) is 0.617. The van der Waals surface area contributed by atoms with E-state index in [1.54, 1.807) is 18.2 Å². The van der Waals surface area contributed by atoms with Crippen LogP contribution in [0.3, 0.4) is 0 Å². The van der Waals surface area contributed by atoms with Gasteiger partial charge in [0.25, 0.3) is 0 Å². The first-order valence-corrected chi connectivity index (χ1v) is 4.54.